The lowest BCUT2D eigenvalue weighted by Crippen LogP contribution is -2.32. The molecule has 3 rings (SSSR count). The third-order valence-corrected chi connectivity index (χ3v) is 4.27. The molecule has 0 radical (unpaired) electrons. The van der Waals surface area contributed by atoms with E-state index in [-0.39, 0.29) is 12.1 Å². The summed E-state index contributed by atoms with van der Waals surface area (Å²) in [5.41, 5.74) is 2.43. The fraction of sp³-hybridized carbons (Fsp3) is 0.227. The molecule has 1 atom stereocenters. The van der Waals surface area contributed by atoms with Crippen LogP contribution in [0.15, 0.2) is 66.9 Å². The van der Waals surface area contributed by atoms with E-state index < -0.39 is 0 Å². The third kappa shape index (κ3) is 5.30. The first-order valence-electron chi connectivity index (χ1n) is 9.39. The number of aromatic nitrogens is 2. The molecule has 29 heavy (non-hydrogen) atoms. The maximum atomic E-state index is 13.2. The molecule has 0 saturated heterocycles. The number of urea groups is 1. The van der Waals surface area contributed by atoms with Crippen molar-refractivity contribution in [3.8, 4) is 0 Å². The predicted octanol–water partition coefficient (Wildman–Crippen LogP) is 4.60. The smallest absolute Gasteiger partial charge is 0.332 e. The molecular formula is C22H25N5O2. The summed E-state index contributed by atoms with van der Waals surface area (Å²) in [5.74, 6) is 0.890. The summed E-state index contributed by atoms with van der Waals surface area (Å²) in [6, 6.07) is 18.5. The largest absolute Gasteiger partial charge is 0.383 e. The maximum absolute atomic E-state index is 13.2. The van der Waals surface area contributed by atoms with Crippen molar-refractivity contribution in [2.45, 2.75) is 19.9 Å². The Hall–Kier alpha value is -3.45. The summed E-state index contributed by atoms with van der Waals surface area (Å²) in [5, 5.41) is 6.16. The van der Waals surface area contributed by atoms with E-state index in [0.717, 1.165) is 11.3 Å². The molecule has 2 amide bonds. The minimum Gasteiger partial charge on any atom is -0.383 e. The van der Waals surface area contributed by atoms with Crippen molar-refractivity contribution in [1.29, 1.82) is 0 Å². The van der Waals surface area contributed by atoms with Crippen molar-refractivity contribution in [3.63, 3.8) is 0 Å². The van der Waals surface area contributed by atoms with Crippen LogP contribution in [0, 0.1) is 6.92 Å². The second-order valence-electron chi connectivity index (χ2n) is 6.66. The second kappa shape index (κ2) is 9.66. The first kappa shape index (κ1) is 20.3. The molecule has 0 spiro atoms. The molecule has 3 aromatic rings. The number of hydrogen-bond acceptors (Lipinski definition) is 5. The van der Waals surface area contributed by atoms with Gasteiger partial charge in [-0.05, 0) is 37.6 Å². The van der Waals surface area contributed by atoms with Crippen molar-refractivity contribution in [2.75, 3.05) is 29.3 Å². The molecule has 0 aliphatic heterocycles. The number of carbonyl (C=O) groups is 1. The monoisotopic (exact) mass is 391 g/mol. The zero-order valence-electron chi connectivity index (χ0n) is 16.8. The van der Waals surface area contributed by atoms with Crippen LogP contribution >= 0.6 is 0 Å². The summed E-state index contributed by atoms with van der Waals surface area (Å²) in [7, 11) is 1.64. The van der Waals surface area contributed by atoms with E-state index in [9.17, 15) is 4.79 Å². The molecule has 1 aromatic heterocycles. The number of rotatable bonds is 7. The van der Waals surface area contributed by atoms with Crippen LogP contribution in [0.1, 0.15) is 12.5 Å². The van der Waals surface area contributed by atoms with Crippen LogP contribution < -0.4 is 15.5 Å². The molecule has 0 saturated carbocycles. The number of methoxy groups -OCH3 is 1. The van der Waals surface area contributed by atoms with E-state index in [0.29, 0.717) is 24.1 Å². The van der Waals surface area contributed by atoms with Gasteiger partial charge in [0, 0.05) is 31.1 Å². The van der Waals surface area contributed by atoms with E-state index in [1.165, 1.54) is 4.90 Å². The van der Waals surface area contributed by atoms with Gasteiger partial charge in [0.15, 0.2) is 0 Å². The molecular weight excluding hydrogens is 366 g/mol. The van der Waals surface area contributed by atoms with Gasteiger partial charge in [-0.25, -0.2) is 14.7 Å². The zero-order chi connectivity index (χ0) is 20.6. The van der Waals surface area contributed by atoms with Gasteiger partial charge < -0.3 is 15.4 Å². The lowest BCUT2D eigenvalue weighted by molar-refractivity contribution is 0.190. The summed E-state index contributed by atoms with van der Waals surface area (Å²) < 4.78 is 5.15. The van der Waals surface area contributed by atoms with Crippen molar-refractivity contribution in [3.05, 3.63) is 72.4 Å². The summed E-state index contributed by atoms with van der Waals surface area (Å²) in [6.45, 7) is 4.44. The molecule has 0 aliphatic carbocycles. The Morgan fingerprint density at radius 3 is 2.55 bits per heavy atom. The van der Waals surface area contributed by atoms with Gasteiger partial charge in [-0.15, -0.1) is 0 Å². The van der Waals surface area contributed by atoms with E-state index in [2.05, 4.69) is 20.6 Å². The Kier molecular flexibility index (Phi) is 6.76. The molecule has 150 valence electrons. The zero-order valence-corrected chi connectivity index (χ0v) is 16.8. The first-order valence-corrected chi connectivity index (χ1v) is 9.39. The molecule has 0 bridgehead atoms. The third-order valence-electron chi connectivity index (χ3n) is 4.27. The van der Waals surface area contributed by atoms with Crippen LogP contribution in [0.2, 0.25) is 0 Å². The molecule has 1 heterocycles. The van der Waals surface area contributed by atoms with Crippen molar-refractivity contribution in [2.24, 2.45) is 0 Å². The van der Waals surface area contributed by atoms with Crippen LogP contribution in [-0.4, -0.2) is 35.8 Å². The van der Waals surface area contributed by atoms with Gasteiger partial charge >= 0.3 is 6.03 Å². The SMILES string of the molecule is COC[C@H](C)Nc1nccc(N(C(=O)Nc2ccccc2C)c2ccccc2)n1. The minimum atomic E-state index is -0.305. The predicted molar refractivity (Wildman–Crippen MR) is 116 cm³/mol. The Morgan fingerprint density at radius 1 is 1.10 bits per heavy atom. The second-order valence-corrected chi connectivity index (χ2v) is 6.66. The van der Waals surface area contributed by atoms with Crippen molar-refractivity contribution < 1.29 is 9.53 Å². The van der Waals surface area contributed by atoms with Gasteiger partial charge in [0.2, 0.25) is 5.95 Å². The molecule has 0 unspecified atom stereocenters. The van der Waals surface area contributed by atoms with Crippen LogP contribution in [-0.2, 0) is 4.74 Å². The van der Waals surface area contributed by atoms with E-state index in [1.807, 2.05) is 68.4 Å². The first-order chi connectivity index (χ1) is 14.1. The average Bonchev–Trinajstić information content (AvgIpc) is 2.71. The van der Waals surface area contributed by atoms with Gasteiger partial charge in [-0.2, -0.15) is 4.98 Å². The molecule has 7 heteroatoms. The topological polar surface area (TPSA) is 79.4 Å². The lowest BCUT2D eigenvalue weighted by Gasteiger charge is -2.23. The Morgan fingerprint density at radius 2 is 1.83 bits per heavy atom. The number of para-hydroxylation sites is 2. The van der Waals surface area contributed by atoms with Gasteiger partial charge in [0.1, 0.15) is 5.82 Å². The highest BCUT2D eigenvalue weighted by atomic mass is 16.5. The molecule has 2 aromatic carbocycles. The molecule has 7 nitrogen and oxygen atoms in total. The maximum Gasteiger partial charge on any atom is 0.332 e. The number of carbonyl (C=O) groups excluding carboxylic acids is 1. The highest BCUT2D eigenvalue weighted by Crippen LogP contribution is 2.26. The number of benzene rings is 2. The van der Waals surface area contributed by atoms with Gasteiger partial charge in [0.25, 0.3) is 0 Å². The summed E-state index contributed by atoms with van der Waals surface area (Å²) in [6.07, 6.45) is 1.63. The standard InChI is InChI=1S/C22H25N5O2/c1-16-9-7-8-12-19(16)25-22(28)27(18-10-5-4-6-11-18)20-13-14-23-21(26-20)24-17(2)15-29-3/h4-14,17H,15H2,1-3H3,(H,25,28)(H,23,24,26)/t17-/m0/s1. The molecule has 0 fully saturated rings. The Labute approximate surface area is 170 Å². The number of nitrogens with one attached hydrogen (secondary N) is 2. The van der Waals surface area contributed by atoms with Crippen molar-refractivity contribution in [1.82, 2.24) is 9.97 Å². The molecule has 0 aliphatic rings. The lowest BCUT2D eigenvalue weighted by atomic mass is 10.2. The number of amides is 2. The normalized spacial score (nSPS) is 11.6. The summed E-state index contributed by atoms with van der Waals surface area (Å²) in [4.78, 5) is 23.5. The molecule has 2 N–H and O–H groups in total. The number of ether oxygens (including phenoxy) is 1. The van der Waals surface area contributed by atoms with E-state index in [1.54, 1.807) is 19.4 Å². The fourth-order valence-corrected chi connectivity index (χ4v) is 2.87. The average molecular weight is 391 g/mol. The minimum absolute atomic E-state index is 0.0289. The Balaban J connectivity index is 1.92. The summed E-state index contributed by atoms with van der Waals surface area (Å²) >= 11 is 0. The van der Waals surface area contributed by atoms with Crippen LogP contribution in [0.4, 0.5) is 27.9 Å². The van der Waals surface area contributed by atoms with Gasteiger partial charge in [0.05, 0.1) is 12.3 Å². The van der Waals surface area contributed by atoms with E-state index >= 15 is 0 Å². The number of anilines is 4. The Bertz CT molecular complexity index is 949. The van der Waals surface area contributed by atoms with E-state index in [4.69, 9.17) is 4.74 Å². The van der Waals surface area contributed by atoms with Crippen molar-refractivity contribution >= 4 is 29.2 Å². The quantitative estimate of drug-likeness (QED) is 0.615. The highest BCUT2D eigenvalue weighted by molar-refractivity contribution is 6.06. The van der Waals surface area contributed by atoms with Crippen LogP contribution in [0.5, 0.6) is 0 Å². The van der Waals surface area contributed by atoms with Gasteiger partial charge in [-0.3, -0.25) is 0 Å². The number of aryl methyl sites for hydroxylation is 1. The number of nitrogens with zero attached hydrogens (tertiary/aromatic N) is 3. The fourth-order valence-electron chi connectivity index (χ4n) is 2.87. The highest BCUT2D eigenvalue weighted by Gasteiger charge is 2.21. The van der Waals surface area contributed by atoms with Gasteiger partial charge in [-0.1, -0.05) is 36.4 Å². The van der Waals surface area contributed by atoms with Crippen LogP contribution in [0.25, 0.3) is 0 Å². The number of hydrogen-bond donors (Lipinski definition) is 2. The van der Waals surface area contributed by atoms with Crippen LogP contribution in [0.3, 0.4) is 0 Å².